The van der Waals surface area contributed by atoms with Gasteiger partial charge in [-0.25, -0.2) is 4.79 Å². The summed E-state index contributed by atoms with van der Waals surface area (Å²) >= 11 is 0. The third-order valence-corrected chi connectivity index (χ3v) is 10.4. The number of hydrogen-bond donors (Lipinski definition) is 0. The molecule has 3 fully saturated rings. The molecule has 0 N–H and O–H groups in total. The van der Waals surface area contributed by atoms with Gasteiger partial charge < -0.3 is 14.2 Å². The van der Waals surface area contributed by atoms with E-state index in [1.807, 2.05) is 0 Å². The topological polar surface area (TPSA) is 120 Å². The number of unbranched alkanes of at least 4 members (excludes halogenated alkanes) is 2. The molecular formula is C37H42N2O8. The van der Waals surface area contributed by atoms with Gasteiger partial charge in [0.1, 0.15) is 11.5 Å². The highest BCUT2D eigenvalue weighted by Crippen LogP contribution is 2.68. The Morgan fingerprint density at radius 1 is 0.681 bits per heavy atom. The average Bonchev–Trinajstić information content (AvgIpc) is 3.48. The molecule has 2 aliphatic heterocycles. The van der Waals surface area contributed by atoms with Crippen molar-refractivity contribution in [1.29, 1.82) is 0 Å². The molecule has 4 amide bonds. The molecule has 47 heavy (non-hydrogen) atoms. The molecule has 0 aromatic heterocycles. The molecule has 2 aromatic carbocycles. The minimum Gasteiger partial charge on any atom is -0.494 e. The number of hydrogen-bond acceptors (Lipinski definition) is 8. The number of allylic oxidation sites excluding steroid dienone is 1. The Morgan fingerprint density at radius 3 is 1.49 bits per heavy atom. The van der Waals surface area contributed by atoms with Crippen LogP contribution in [0.2, 0.25) is 0 Å². The van der Waals surface area contributed by atoms with Crippen LogP contribution in [0, 0.1) is 35.0 Å². The molecule has 0 radical (unpaired) electrons. The molecule has 5 aliphatic rings. The van der Waals surface area contributed by atoms with Gasteiger partial charge in [-0.2, -0.15) is 0 Å². The average molecular weight is 643 g/mol. The van der Waals surface area contributed by atoms with Crippen LogP contribution in [0.1, 0.15) is 60.3 Å². The van der Waals surface area contributed by atoms with Crippen molar-refractivity contribution in [3.8, 4) is 11.5 Å². The van der Waals surface area contributed by atoms with Crippen LogP contribution in [0.15, 0.2) is 59.7 Å². The highest BCUT2D eigenvalue weighted by atomic mass is 16.5. The SMILES string of the molecule is CCCCOc1ccc(N2C(=O)[C@@H]3[C@@H](C2=O)C2C(C)=C(C(=O)OCC)C3(C)[C@@H]3C(=O)N(c4ccc(OCCCC)cc4)C(=O)[C@@H]23)cc1. The number of anilines is 2. The van der Waals surface area contributed by atoms with Gasteiger partial charge >= 0.3 is 5.97 Å². The number of rotatable bonds is 12. The number of nitrogens with zero attached hydrogens (tertiary/aromatic N) is 2. The number of imide groups is 2. The normalized spacial score (nSPS) is 27.8. The van der Waals surface area contributed by atoms with Crippen LogP contribution in [0.3, 0.4) is 0 Å². The molecule has 2 heterocycles. The maximum atomic E-state index is 14.4. The second-order valence-electron chi connectivity index (χ2n) is 13.0. The minimum absolute atomic E-state index is 0.0932. The van der Waals surface area contributed by atoms with Gasteiger partial charge in [-0.15, -0.1) is 0 Å². The second-order valence-corrected chi connectivity index (χ2v) is 13.0. The molecule has 2 aromatic rings. The van der Waals surface area contributed by atoms with Crippen molar-refractivity contribution in [2.24, 2.45) is 35.0 Å². The van der Waals surface area contributed by atoms with Gasteiger partial charge in [0.2, 0.25) is 23.6 Å². The van der Waals surface area contributed by atoms with Gasteiger partial charge in [-0.05, 0) is 75.2 Å². The molecule has 0 spiro atoms. The Hall–Kier alpha value is -4.47. The third kappa shape index (κ3) is 4.95. The van der Waals surface area contributed by atoms with Crippen LogP contribution >= 0.6 is 0 Å². The Kier molecular flexibility index (Phi) is 8.72. The molecule has 3 aliphatic carbocycles. The minimum atomic E-state index is -1.46. The Bertz CT molecular complexity index is 1530. The van der Waals surface area contributed by atoms with E-state index in [1.165, 1.54) is 0 Å². The molecule has 10 nitrogen and oxygen atoms in total. The molecule has 2 bridgehead atoms. The van der Waals surface area contributed by atoms with Crippen molar-refractivity contribution in [3.05, 3.63) is 59.7 Å². The molecule has 248 valence electrons. The predicted molar refractivity (Wildman–Crippen MR) is 174 cm³/mol. The summed E-state index contributed by atoms with van der Waals surface area (Å²) in [5.41, 5.74) is 0.0361. The summed E-state index contributed by atoms with van der Waals surface area (Å²) in [6, 6.07) is 13.5. The van der Waals surface area contributed by atoms with Gasteiger partial charge in [0.05, 0.1) is 54.9 Å². The number of amides is 4. The van der Waals surface area contributed by atoms with Crippen LogP contribution in [0.25, 0.3) is 0 Å². The number of carbonyl (C=O) groups excluding carboxylic acids is 5. The summed E-state index contributed by atoms with van der Waals surface area (Å²) in [7, 11) is 0. The summed E-state index contributed by atoms with van der Waals surface area (Å²) in [5.74, 6) is -5.98. The number of carbonyl (C=O) groups is 5. The Labute approximate surface area is 275 Å². The molecular weight excluding hydrogens is 600 g/mol. The van der Waals surface area contributed by atoms with Gasteiger partial charge in [0, 0.05) is 16.9 Å². The fourth-order valence-corrected chi connectivity index (χ4v) is 8.37. The molecule has 1 saturated carbocycles. The molecule has 10 heteroatoms. The Morgan fingerprint density at radius 2 is 1.11 bits per heavy atom. The van der Waals surface area contributed by atoms with E-state index >= 15 is 0 Å². The van der Waals surface area contributed by atoms with Crippen molar-refractivity contribution < 1.29 is 38.2 Å². The second kappa shape index (κ2) is 12.6. The lowest BCUT2D eigenvalue weighted by Crippen LogP contribution is -2.61. The van der Waals surface area contributed by atoms with E-state index in [9.17, 15) is 24.0 Å². The number of benzene rings is 2. The van der Waals surface area contributed by atoms with E-state index in [4.69, 9.17) is 14.2 Å². The quantitative estimate of drug-likeness (QED) is 0.170. The van der Waals surface area contributed by atoms with E-state index in [1.54, 1.807) is 69.3 Å². The summed E-state index contributed by atoms with van der Waals surface area (Å²) in [5, 5.41) is 0. The zero-order valence-electron chi connectivity index (χ0n) is 27.6. The van der Waals surface area contributed by atoms with Crippen LogP contribution in [-0.4, -0.2) is 49.4 Å². The van der Waals surface area contributed by atoms with E-state index in [-0.39, 0.29) is 12.2 Å². The third-order valence-electron chi connectivity index (χ3n) is 10.4. The first-order chi connectivity index (χ1) is 22.6. The monoisotopic (exact) mass is 642 g/mol. The van der Waals surface area contributed by atoms with Gasteiger partial charge in [0.15, 0.2) is 0 Å². The summed E-state index contributed by atoms with van der Waals surface area (Å²) in [6.45, 7) is 10.5. The van der Waals surface area contributed by atoms with E-state index in [0.717, 1.165) is 35.5 Å². The fourth-order valence-electron chi connectivity index (χ4n) is 8.37. The molecule has 4 atom stereocenters. The van der Waals surface area contributed by atoms with E-state index in [0.29, 0.717) is 41.7 Å². The molecule has 0 unspecified atom stereocenters. The molecule has 7 rings (SSSR count). The van der Waals surface area contributed by atoms with E-state index < -0.39 is 64.6 Å². The smallest absolute Gasteiger partial charge is 0.334 e. The zero-order chi connectivity index (χ0) is 33.6. The fraction of sp³-hybridized carbons (Fsp3) is 0.486. The first-order valence-corrected chi connectivity index (χ1v) is 16.7. The van der Waals surface area contributed by atoms with Crippen molar-refractivity contribution in [1.82, 2.24) is 0 Å². The largest absolute Gasteiger partial charge is 0.494 e. The number of esters is 1. The first kappa shape index (κ1) is 32.5. The van der Waals surface area contributed by atoms with Crippen molar-refractivity contribution in [3.63, 3.8) is 0 Å². The zero-order valence-corrected chi connectivity index (χ0v) is 27.6. The summed E-state index contributed by atoms with van der Waals surface area (Å²) in [6.07, 6.45) is 3.78. The highest BCUT2D eigenvalue weighted by molar-refractivity contribution is 6.27. The van der Waals surface area contributed by atoms with Crippen LogP contribution in [-0.2, 0) is 28.7 Å². The van der Waals surface area contributed by atoms with Crippen LogP contribution < -0.4 is 19.3 Å². The Balaban J connectivity index is 1.38. The predicted octanol–water partition coefficient (Wildman–Crippen LogP) is 5.49. The van der Waals surface area contributed by atoms with Crippen molar-refractivity contribution >= 4 is 41.0 Å². The maximum absolute atomic E-state index is 14.4. The van der Waals surface area contributed by atoms with Gasteiger partial charge in [-0.1, -0.05) is 39.2 Å². The van der Waals surface area contributed by atoms with Crippen LogP contribution in [0.4, 0.5) is 11.4 Å². The highest BCUT2D eigenvalue weighted by Gasteiger charge is 2.77. The van der Waals surface area contributed by atoms with E-state index in [2.05, 4.69) is 13.8 Å². The van der Waals surface area contributed by atoms with Crippen molar-refractivity contribution in [2.45, 2.75) is 60.3 Å². The summed E-state index contributed by atoms with van der Waals surface area (Å²) in [4.78, 5) is 73.4. The maximum Gasteiger partial charge on any atom is 0.334 e. The lowest BCUT2D eigenvalue weighted by molar-refractivity contribution is -0.155. The van der Waals surface area contributed by atoms with Crippen molar-refractivity contribution in [2.75, 3.05) is 29.6 Å². The lowest BCUT2D eigenvalue weighted by Gasteiger charge is -2.55. The van der Waals surface area contributed by atoms with Gasteiger partial charge in [-0.3, -0.25) is 29.0 Å². The lowest BCUT2D eigenvalue weighted by atomic mass is 9.43. The van der Waals surface area contributed by atoms with Crippen LogP contribution in [0.5, 0.6) is 11.5 Å². The van der Waals surface area contributed by atoms with Gasteiger partial charge in [0.25, 0.3) is 0 Å². The first-order valence-electron chi connectivity index (χ1n) is 16.7. The number of ether oxygens (including phenoxy) is 3. The standard InChI is InChI=1S/C37H42N2O8/c1-6-9-19-46-24-15-11-22(12-16-24)38-32(40)27-26-21(4)29(36(44)45-8-3)37(5,30(27)34(38)42)31-28(26)33(41)39(35(31)43)23-13-17-25(18-14-23)47-20-10-7-2/h11-18,26-28,30-31H,6-10,19-20H2,1-5H3/t26?,27-,28-,30-,31-,37?/m0/s1. The molecule has 2 saturated heterocycles. The summed E-state index contributed by atoms with van der Waals surface area (Å²) < 4.78 is 17.0.